The lowest BCUT2D eigenvalue weighted by molar-refractivity contribution is -0.144. The summed E-state index contributed by atoms with van der Waals surface area (Å²) in [6.45, 7) is 11.2. The summed E-state index contributed by atoms with van der Waals surface area (Å²) in [6, 6.07) is 14.6. The van der Waals surface area contributed by atoms with Crippen LogP contribution in [0, 0.1) is 10.8 Å². The van der Waals surface area contributed by atoms with Gasteiger partial charge < -0.3 is 19.7 Å². The average Bonchev–Trinajstić information content (AvgIpc) is 2.70. The molecule has 0 aliphatic rings. The molecule has 0 spiro atoms. The number of carbonyl (C=O) groups excluding carboxylic acids is 2. The van der Waals surface area contributed by atoms with E-state index in [1.807, 2.05) is 58.0 Å². The third-order valence-corrected chi connectivity index (χ3v) is 4.65. The van der Waals surface area contributed by atoms with Crippen LogP contribution in [0.1, 0.15) is 52.7 Å². The summed E-state index contributed by atoms with van der Waals surface area (Å²) in [5.41, 5.74) is 1.43. The van der Waals surface area contributed by atoms with Crippen LogP contribution in [0.15, 0.2) is 48.5 Å². The number of carbonyl (C=O) groups is 2. The number of hydrogen-bond acceptors (Lipinski definition) is 6. The summed E-state index contributed by atoms with van der Waals surface area (Å²) in [5, 5.41) is 18.9. The number of aliphatic hydroxyl groups is 1. The number of aliphatic hydroxyl groups excluding tert-OH is 1. The predicted octanol–water partition coefficient (Wildman–Crippen LogP) is 4.70. The van der Waals surface area contributed by atoms with Crippen molar-refractivity contribution < 1.29 is 29.3 Å². The van der Waals surface area contributed by atoms with Crippen LogP contribution in [0.3, 0.4) is 0 Å². The van der Waals surface area contributed by atoms with E-state index in [2.05, 4.69) is 0 Å². The van der Waals surface area contributed by atoms with Crippen molar-refractivity contribution in [2.24, 2.45) is 10.8 Å². The first kappa shape index (κ1) is 27.2. The van der Waals surface area contributed by atoms with Crippen molar-refractivity contribution in [2.75, 3.05) is 13.2 Å². The molecule has 0 saturated heterocycles. The van der Waals surface area contributed by atoms with E-state index in [4.69, 9.17) is 9.47 Å². The van der Waals surface area contributed by atoms with Crippen LogP contribution in [0.2, 0.25) is 0 Å². The molecule has 6 nitrogen and oxygen atoms in total. The van der Waals surface area contributed by atoms with Gasteiger partial charge in [-0.05, 0) is 41.5 Å². The number of ether oxygens (including phenoxy) is 2. The molecule has 2 aromatic rings. The fourth-order valence-electron chi connectivity index (χ4n) is 3.00. The number of hydrogen-bond donors (Lipinski definition) is 2. The van der Waals surface area contributed by atoms with E-state index in [9.17, 15) is 19.8 Å². The summed E-state index contributed by atoms with van der Waals surface area (Å²) >= 11 is 0. The van der Waals surface area contributed by atoms with Gasteiger partial charge in [0.2, 0.25) is 0 Å². The number of aromatic hydroxyl groups is 1. The zero-order valence-corrected chi connectivity index (χ0v) is 20.0. The Hall–Kier alpha value is -2.86. The van der Waals surface area contributed by atoms with E-state index < -0.39 is 0 Å². The topological polar surface area (TPSA) is 93.1 Å². The second-order valence-corrected chi connectivity index (χ2v) is 9.45. The molecule has 0 bridgehead atoms. The van der Waals surface area contributed by atoms with Gasteiger partial charge in [-0.25, -0.2) is 0 Å². The molecule has 0 atom stereocenters. The molecule has 0 aromatic heterocycles. The smallest absolute Gasteiger partial charge is 0.308 e. The van der Waals surface area contributed by atoms with Gasteiger partial charge >= 0.3 is 11.9 Å². The van der Waals surface area contributed by atoms with Crippen molar-refractivity contribution in [2.45, 2.75) is 54.4 Å². The summed E-state index contributed by atoms with van der Waals surface area (Å²) in [4.78, 5) is 21.7. The SMILES string of the molecule is CC(=O)OCC(C)(C)Cc1ccccc1O.CC(=O)Oc1ccccc1CC(C)(C)CO. The zero-order chi connectivity index (χ0) is 24.4. The molecule has 0 amide bonds. The van der Waals surface area contributed by atoms with Crippen molar-refractivity contribution >= 4 is 11.9 Å². The van der Waals surface area contributed by atoms with Crippen LogP contribution < -0.4 is 4.74 Å². The second-order valence-electron chi connectivity index (χ2n) is 9.45. The molecule has 0 fully saturated rings. The predicted molar refractivity (Wildman–Crippen MR) is 125 cm³/mol. The lowest BCUT2D eigenvalue weighted by atomic mass is 9.86. The Balaban J connectivity index is 0.000000320. The van der Waals surface area contributed by atoms with Crippen LogP contribution in [0.5, 0.6) is 11.5 Å². The molecule has 2 aromatic carbocycles. The van der Waals surface area contributed by atoms with Gasteiger partial charge in [-0.15, -0.1) is 0 Å². The van der Waals surface area contributed by atoms with Crippen molar-refractivity contribution in [3.8, 4) is 11.5 Å². The van der Waals surface area contributed by atoms with Crippen LogP contribution in [-0.4, -0.2) is 35.4 Å². The number of rotatable bonds is 8. The van der Waals surface area contributed by atoms with Gasteiger partial charge in [-0.3, -0.25) is 9.59 Å². The zero-order valence-electron chi connectivity index (χ0n) is 20.0. The molecule has 32 heavy (non-hydrogen) atoms. The van der Waals surface area contributed by atoms with Gasteiger partial charge in [0.15, 0.2) is 0 Å². The van der Waals surface area contributed by atoms with E-state index in [1.54, 1.807) is 18.2 Å². The molecule has 0 aliphatic heterocycles. The summed E-state index contributed by atoms with van der Waals surface area (Å²) in [5.74, 6) is 0.273. The Morgan fingerprint density at radius 1 is 0.812 bits per heavy atom. The third kappa shape index (κ3) is 10.4. The first-order chi connectivity index (χ1) is 14.8. The highest BCUT2D eigenvalue weighted by Gasteiger charge is 2.22. The average molecular weight is 445 g/mol. The van der Waals surface area contributed by atoms with E-state index in [1.165, 1.54) is 13.8 Å². The summed E-state index contributed by atoms with van der Waals surface area (Å²) in [7, 11) is 0. The van der Waals surface area contributed by atoms with Gasteiger partial charge in [0.05, 0.1) is 6.61 Å². The minimum atomic E-state index is -0.325. The minimum Gasteiger partial charge on any atom is -0.508 e. The Morgan fingerprint density at radius 3 is 1.88 bits per heavy atom. The number of esters is 2. The number of benzene rings is 2. The van der Waals surface area contributed by atoms with Gasteiger partial charge in [-0.2, -0.15) is 0 Å². The van der Waals surface area contributed by atoms with Crippen LogP contribution in [0.25, 0.3) is 0 Å². The standard InChI is InChI=1S/2C13H18O3/c1-10(14)16-9-13(2,3)8-11-6-4-5-7-12(11)15;1-10(15)16-12-7-5-4-6-11(12)8-13(2,3)9-14/h4-7,15H,8-9H2,1-3H3;4-7,14H,8-9H2,1-3H3. The van der Waals surface area contributed by atoms with Crippen molar-refractivity contribution in [1.82, 2.24) is 0 Å². The van der Waals surface area contributed by atoms with Crippen molar-refractivity contribution in [3.63, 3.8) is 0 Å². The Labute approximate surface area is 191 Å². The van der Waals surface area contributed by atoms with Crippen LogP contribution in [-0.2, 0) is 27.2 Å². The Bertz CT molecular complexity index is 885. The van der Waals surface area contributed by atoms with Gasteiger partial charge in [0, 0.05) is 25.9 Å². The van der Waals surface area contributed by atoms with Gasteiger partial charge in [-0.1, -0.05) is 64.1 Å². The molecule has 0 unspecified atom stereocenters. The molecule has 0 aliphatic carbocycles. The van der Waals surface area contributed by atoms with Crippen LogP contribution >= 0.6 is 0 Å². The van der Waals surface area contributed by atoms with Crippen LogP contribution in [0.4, 0.5) is 0 Å². The maximum Gasteiger partial charge on any atom is 0.308 e. The highest BCUT2D eigenvalue weighted by atomic mass is 16.5. The highest BCUT2D eigenvalue weighted by Crippen LogP contribution is 2.28. The number of para-hydroxylation sites is 2. The molecular weight excluding hydrogens is 408 g/mol. The molecule has 0 heterocycles. The molecule has 2 N–H and O–H groups in total. The van der Waals surface area contributed by atoms with E-state index in [0.29, 0.717) is 30.9 Å². The molecule has 0 radical (unpaired) electrons. The largest absolute Gasteiger partial charge is 0.508 e. The molecule has 2 rings (SSSR count). The van der Waals surface area contributed by atoms with E-state index in [0.717, 1.165) is 11.1 Å². The van der Waals surface area contributed by atoms with Crippen molar-refractivity contribution in [3.05, 3.63) is 59.7 Å². The van der Waals surface area contributed by atoms with E-state index in [-0.39, 0.29) is 29.4 Å². The number of phenols is 1. The van der Waals surface area contributed by atoms with Gasteiger partial charge in [0.25, 0.3) is 0 Å². The lowest BCUT2D eigenvalue weighted by Gasteiger charge is -2.24. The lowest BCUT2D eigenvalue weighted by Crippen LogP contribution is -2.23. The third-order valence-electron chi connectivity index (χ3n) is 4.65. The maximum atomic E-state index is 10.9. The maximum absolute atomic E-state index is 10.9. The Kier molecular flexibility index (Phi) is 10.4. The molecule has 176 valence electrons. The highest BCUT2D eigenvalue weighted by molar-refractivity contribution is 5.69. The van der Waals surface area contributed by atoms with Gasteiger partial charge in [0.1, 0.15) is 11.5 Å². The van der Waals surface area contributed by atoms with E-state index >= 15 is 0 Å². The fraction of sp³-hybridized carbons (Fsp3) is 0.462. The van der Waals surface area contributed by atoms with Crippen molar-refractivity contribution in [1.29, 1.82) is 0 Å². The molecule has 0 saturated carbocycles. The molecular formula is C26H36O6. The second kappa shape index (κ2) is 12.2. The molecule has 6 heteroatoms. The normalized spacial score (nSPS) is 11.2. The number of phenolic OH excluding ortho intramolecular Hbond substituents is 1. The fourth-order valence-corrected chi connectivity index (χ4v) is 3.00. The first-order valence-electron chi connectivity index (χ1n) is 10.6. The monoisotopic (exact) mass is 444 g/mol. The first-order valence-corrected chi connectivity index (χ1v) is 10.6. The summed E-state index contributed by atoms with van der Waals surface area (Å²) < 4.78 is 10.1. The summed E-state index contributed by atoms with van der Waals surface area (Å²) in [6.07, 6.45) is 1.35. The minimum absolute atomic E-state index is 0.0986. The quantitative estimate of drug-likeness (QED) is 0.453. The Morgan fingerprint density at radius 2 is 1.34 bits per heavy atom.